The maximum absolute atomic E-state index is 12.1. The van der Waals surface area contributed by atoms with Crippen molar-refractivity contribution in [3.05, 3.63) is 28.2 Å². The molecule has 4 heteroatoms. The van der Waals surface area contributed by atoms with Crippen molar-refractivity contribution in [2.75, 3.05) is 7.11 Å². The summed E-state index contributed by atoms with van der Waals surface area (Å²) in [6.07, 6.45) is 1.08. The number of hydrogen-bond donors (Lipinski definition) is 1. The number of rotatable bonds is 5. The third-order valence-electron chi connectivity index (χ3n) is 2.46. The van der Waals surface area contributed by atoms with E-state index in [1.54, 1.807) is 19.2 Å². The Balaban J connectivity index is 2.84. The van der Waals surface area contributed by atoms with Crippen molar-refractivity contribution in [1.29, 1.82) is 0 Å². The molecule has 0 aliphatic carbocycles. The summed E-state index contributed by atoms with van der Waals surface area (Å²) in [6, 6.07) is 5.41. The lowest BCUT2D eigenvalue weighted by Gasteiger charge is -2.17. The lowest BCUT2D eigenvalue weighted by atomic mass is 9.96. The number of hydrogen-bond acceptors (Lipinski definition) is 3. The van der Waals surface area contributed by atoms with Crippen LogP contribution in [0.15, 0.2) is 22.7 Å². The summed E-state index contributed by atoms with van der Waals surface area (Å²) >= 11 is 3.35. The molecule has 0 atom stereocenters. The van der Waals surface area contributed by atoms with E-state index in [-0.39, 0.29) is 11.3 Å². The van der Waals surface area contributed by atoms with Crippen LogP contribution in [0.2, 0.25) is 0 Å². The van der Waals surface area contributed by atoms with Gasteiger partial charge in [-0.15, -0.1) is 0 Å². The Morgan fingerprint density at radius 3 is 2.65 bits per heavy atom. The van der Waals surface area contributed by atoms with E-state index in [0.29, 0.717) is 24.2 Å². The van der Waals surface area contributed by atoms with Gasteiger partial charge in [0.15, 0.2) is 5.78 Å². The monoisotopic (exact) mass is 299 g/mol. The van der Waals surface area contributed by atoms with E-state index in [4.69, 9.17) is 10.5 Å². The van der Waals surface area contributed by atoms with Gasteiger partial charge >= 0.3 is 0 Å². The Labute approximate surface area is 110 Å². The second-order valence-corrected chi connectivity index (χ2v) is 5.67. The minimum Gasteiger partial charge on any atom is -0.496 e. The first-order valence-corrected chi connectivity index (χ1v) is 6.28. The molecule has 0 saturated heterocycles. The third-order valence-corrected chi connectivity index (χ3v) is 2.95. The first kappa shape index (κ1) is 14.2. The molecule has 0 fully saturated rings. The fourth-order valence-corrected chi connectivity index (χ4v) is 1.83. The number of ketones is 1. The van der Waals surface area contributed by atoms with Crippen molar-refractivity contribution in [3.63, 3.8) is 0 Å². The van der Waals surface area contributed by atoms with Gasteiger partial charge in [0.05, 0.1) is 12.7 Å². The number of carbonyl (C=O) groups is 1. The Kier molecular flexibility index (Phi) is 4.71. The summed E-state index contributed by atoms with van der Waals surface area (Å²) in [7, 11) is 1.56. The second-order valence-electron chi connectivity index (χ2n) is 4.76. The third kappa shape index (κ3) is 4.48. The molecule has 0 heterocycles. The maximum Gasteiger partial charge on any atom is 0.166 e. The van der Waals surface area contributed by atoms with Crippen molar-refractivity contribution in [2.24, 2.45) is 5.73 Å². The summed E-state index contributed by atoms with van der Waals surface area (Å²) in [5.41, 5.74) is 6.15. The molecule has 0 spiro atoms. The van der Waals surface area contributed by atoms with E-state index < -0.39 is 0 Å². The molecule has 94 valence electrons. The number of carbonyl (C=O) groups excluding carboxylic acids is 1. The molecule has 1 aromatic carbocycles. The topological polar surface area (TPSA) is 52.3 Å². The van der Waals surface area contributed by atoms with Crippen LogP contribution in [-0.2, 0) is 0 Å². The Bertz CT molecular complexity index is 410. The predicted molar refractivity (Wildman–Crippen MR) is 72.5 cm³/mol. The molecule has 0 aliphatic rings. The summed E-state index contributed by atoms with van der Waals surface area (Å²) < 4.78 is 6.05. The van der Waals surface area contributed by atoms with Crippen molar-refractivity contribution in [3.8, 4) is 5.75 Å². The number of Topliss-reactive ketones (excluding diaryl/α,β-unsaturated/α-hetero) is 1. The number of nitrogens with two attached hydrogens (primary N) is 1. The highest BCUT2D eigenvalue weighted by Crippen LogP contribution is 2.25. The lowest BCUT2D eigenvalue weighted by molar-refractivity contribution is 0.0969. The fraction of sp³-hybridized carbons (Fsp3) is 0.462. The molecule has 17 heavy (non-hydrogen) atoms. The van der Waals surface area contributed by atoms with Gasteiger partial charge in [-0.25, -0.2) is 0 Å². The highest BCUT2D eigenvalue weighted by Gasteiger charge is 2.17. The van der Waals surface area contributed by atoms with Gasteiger partial charge in [0.1, 0.15) is 5.75 Å². The van der Waals surface area contributed by atoms with E-state index >= 15 is 0 Å². The predicted octanol–water partition coefficient (Wildman–Crippen LogP) is 3.16. The molecule has 3 nitrogen and oxygen atoms in total. The standard InChI is InChI=1S/C13H18BrNO2/c1-13(2,15)7-6-11(16)10-8-9(14)4-5-12(10)17-3/h4-5,8H,6-7,15H2,1-3H3. The molecule has 0 aromatic heterocycles. The second kappa shape index (κ2) is 5.65. The molecule has 1 rings (SSSR count). The molecule has 0 radical (unpaired) electrons. The van der Waals surface area contributed by atoms with Crippen LogP contribution < -0.4 is 10.5 Å². The van der Waals surface area contributed by atoms with Gasteiger partial charge in [-0.3, -0.25) is 4.79 Å². The molecule has 0 aliphatic heterocycles. The fourth-order valence-electron chi connectivity index (χ4n) is 1.47. The van der Waals surface area contributed by atoms with Crippen LogP contribution in [0.5, 0.6) is 5.75 Å². The first-order valence-electron chi connectivity index (χ1n) is 5.49. The molecule has 0 saturated carbocycles. The van der Waals surface area contributed by atoms with Crippen molar-refractivity contribution >= 4 is 21.7 Å². The van der Waals surface area contributed by atoms with Crippen LogP contribution in [0.25, 0.3) is 0 Å². The van der Waals surface area contributed by atoms with Crippen molar-refractivity contribution in [2.45, 2.75) is 32.2 Å². The molecule has 2 N–H and O–H groups in total. The van der Waals surface area contributed by atoms with Gasteiger partial charge in [0.25, 0.3) is 0 Å². The average molecular weight is 300 g/mol. The van der Waals surface area contributed by atoms with Gasteiger partial charge < -0.3 is 10.5 Å². The van der Waals surface area contributed by atoms with Crippen LogP contribution in [0.1, 0.15) is 37.0 Å². The molecular formula is C13H18BrNO2. The van der Waals surface area contributed by atoms with Gasteiger partial charge in [-0.05, 0) is 38.5 Å². The van der Waals surface area contributed by atoms with Gasteiger partial charge in [0.2, 0.25) is 0 Å². The van der Waals surface area contributed by atoms with Crippen LogP contribution >= 0.6 is 15.9 Å². The van der Waals surface area contributed by atoms with Crippen molar-refractivity contribution in [1.82, 2.24) is 0 Å². The zero-order chi connectivity index (χ0) is 13.1. The molecule has 0 bridgehead atoms. The summed E-state index contributed by atoms with van der Waals surface area (Å²) in [5, 5.41) is 0. The van der Waals surface area contributed by atoms with Gasteiger partial charge in [-0.2, -0.15) is 0 Å². The average Bonchev–Trinajstić information content (AvgIpc) is 2.25. The highest BCUT2D eigenvalue weighted by molar-refractivity contribution is 9.10. The molecular weight excluding hydrogens is 282 g/mol. The largest absolute Gasteiger partial charge is 0.496 e. The number of benzene rings is 1. The number of halogens is 1. The Hall–Kier alpha value is -0.870. The zero-order valence-corrected chi connectivity index (χ0v) is 12.0. The van der Waals surface area contributed by atoms with Gasteiger partial charge in [0, 0.05) is 16.4 Å². The van der Waals surface area contributed by atoms with E-state index in [0.717, 1.165) is 4.47 Å². The van der Waals surface area contributed by atoms with E-state index in [1.165, 1.54) is 0 Å². The zero-order valence-electron chi connectivity index (χ0n) is 10.4. The van der Waals surface area contributed by atoms with E-state index in [2.05, 4.69) is 15.9 Å². The van der Waals surface area contributed by atoms with E-state index in [1.807, 2.05) is 19.9 Å². The van der Waals surface area contributed by atoms with Crippen molar-refractivity contribution < 1.29 is 9.53 Å². The minimum atomic E-state index is -0.324. The lowest BCUT2D eigenvalue weighted by Crippen LogP contribution is -2.32. The SMILES string of the molecule is COc1ccc(Br)cc1C(=O)CCC(C)(C)N. The summed E-state index contributed by atoms with van der Waals surface area (Å²) in [4.78, 5) is 12.1. The molecule has 1 aromatic rings. The van der Waals surface area contributed by atoms with E-state index in [9.17, 15) is 4.79 Å². The quantitative estimate of drug-likeness (QED) is 0.850. The van der Waals surface area contributed by atoms with Crippen LogP contribution in [0.3, 0.4) is 0 Å². The maximum atomic E-state index is 12.1. The highest BCUT2D eigenvalue weighted by atomic mass is 79.9. The molecule has 0 unspecified atom stereocenters. The normalized spacial score (nSPS) is 11.4. The van der Waals surface area contributed by atoms with Gasteiger partial charge in [-0.1, -0.05) is 15.9 Å². The number of methoxy groups -OCH3 is 1. The summed E-state index contributed by atoms with van der Waals surface area (Å²) in [6.45, 7) is 3.83. The first-order chi connectivity index (χ1) is 7.83. The Morgan fingerprint density at radius 1 is 1.47 bits per heavy atom. The Morgan fingerprint density at radius 2 is 2.12 bits per heavy atom. The van der Waals surface area contributed by atoms with Crippen LogP contribution in [0, 0.1) is 0 Å². The van der Waals surface area contributed by atoms with Crippen LogP contribution in [0.4, 0.5) is 0 Å². The van der Waals surface area contributed by atoms with Crippen LogP contribution in [-0.4, -0.2) is 18.4 Å². The summed E-state index contributed by atoms with van der Waals surface area (Å²) in [5.74, 6) is 0.662. The smallest absolute Gasteiger partial charge is 0.166 e. The molecule has 0 amide bonds. The minimum absolute atomic E-state index is 0.0571. The number of ether oxygens (including phenoxy) is 1.